The summed E-state index contributed by atoms with van der Waals surface area (Å²) in [5.74, 6) is 0. The van der Waals surface area contributed by atoms with Crippen LogP contribution in [0.5, 0.6) is 0 Å². The molecule has 2 heteroatoms. The standard InChI is InChI=1S/C17H34O2/c1-5-6-7-8-9-10-11-12-13-14-15(19-14)16(18)17(2,3)4/h14-16,18H,5-13H2,1-4H3/t14-,15+,16?/m1/s1. The highest BCUT2D eigenvalue weighted by Crippen LogP contribution is 2.37. The fraction of sp³-hybridized carbons (Fsp3) is 1.00. The summed E-state index contributed by atoms with van der Waals surface area (Å²) in [4.78, 5) is 0. The first-order valence-electron chi connectivity index (χ1n) is 8.30. The van der Waals surface area contributed by atoms with Crippen LogP contribution in [0.4, 0.5) is 0 Å². The highest BCUT2D eigenvalue weighted by molar-refractivity contribution is 4.95. The van der Waals surface area contributed by atoms with Crippen molar-refractivity contribution in [2.24, 2.45) is 5.41 Å². The van der Waals surface area contributed by atoms with E-state index in [1.807, 2.05) is 0 Å². The zero-order valence-corrected chi connectivity index (χ0v) is 13.5. The van der Waals surface area contributed by atoms with E-state index >= 15 is 0 Å². The van der Waals surface area contributed by atoms with Crippen molar-refractivity contribution >= 4 is 0 Å². The monoisotopic (exact) mass is 270 g/mol. The Kier molecular flexibility index (Phi) is 7.38. The Balaban J connectivity index is 1.92. The smallest absolute Gasteiger partial charge is 0.110 e. The molecule has 0 bridgehead atoms. The summed E-state index contributed by atoms with van der Waals surface area (Å²) in [6.45, 7) is 8.49. The molecule has 0 amide bonds. The van der Waals surface area contributed by atoms with Crippen molar-refractivity contribution in [1.82, 2.24) is 0 Å². The van der Waals surface area contributed by atoms with Crippen LogP contribution in [0.1, 0.15) is 85.5 Å². The van der Waals surface area contributed by atoms with Gasteiger partial charge in [0.1, 0.15) is 6.10 Å². The molecule has 19 heavy (non-hydrogen) atoms. The lowest BCUT2D eigenvalue weighted by Gasteiger charge is -2.24. The first-order chi connectivity index (χ1) is 8.96. The van der Waals surface area contributed by atoms with Gasteiger partial charge in [-0.2, -0.15) is 0 Å². The summed E-state index contributed by atoms with van der Waals surface area (Å²) in [5, 5.41) is 10.1. The number of aliphatic hydroxyl groups is 1. The predicted molar refractivity (Wildman–Crippen MR) is 81.3 cm³/mol. The highest BCUT2D eigenvalue weighted by Gasteiger charge is 2.47. The van der Waals surface area contributed by atoms with Gasteiger partial charge in [0.05, 0.1) is 12.2 Å². The van der Waals surface area contributed by atoms with E-state index in [-0.39, 0.29) is 17.6 Å². The number of aliphatic hydroxyl groups excluding tert-OH is 1. The van der Waals surface area contributed by atoms with Gasteiger partial charge in [-0.1, -0.05) is 79.1 Å². The normalized spacial score (nSPS) is 24.5. The maximum atomic E-state index is 10.1. The third kappa shape index (κ3) is 6.76. The van der Waals surface area contributed by atoms with Gasteiger partial charge in [-0.3, -0.25) is 0 Å². The molecule has 0 aliphatic carbocycles. The fourth-order valence-electron chi connectivity index (χ4n) is 2.64. The lowest BCUT2D eigenvalue weighted by Crippen LogP contribution is -2.32. The SMILES string of the molecule is CCCCCCCCCC[C@H]1O[C@@H]1C(O)C(C)(C)C. The zero-order valence-electron chi connectivity index (χ0n) is 13.5. The quantitative estimate of drug-likeness (QED) is 0.461. The summed E-state index contributed by atoms with van der Waals surface area (Å²) in [5.41, 5.74) is -0.0569. The summed E-state index contributed by atoms with van der Waals surface area (Å²) < 4.78 is 5.61. The minimum atomic E-state index is -0.313. The van der Waals surface area contributed by atoms with Gasteiger partial charge < -0.3 is 9.84 Å². The van der Waals surface area contributed by atoms with Gasteiger partial charge >= 0.3 is 0 Å². The molecule has 1 unspecified atom stereocenters. The molecule has 1 N–H and O–H groups in total. The molecule has 0 saturated carbocycles. The Morgan fingerprint density at radius 3 is 2.00 bits per heavy atom. The Bertz CT molecular complexity index is 232. The Labute approximate surface area is 119 Å². The van der Waals surface area contributed by atoms with E-state index in [4.69, 9.17) is 4.74 Å². The van der Waals surface area contributed by atoms with Crippen molar-refractivity contribution in [2.75, 3.05) is 0 Å². The number of ether oxygens (including phenoxy) is 1. The van der Waals surface area contributed by atoms with Gasteiger partial charge in [0.15, 0.2) is 0 Å². The van der Waals surface area contributed by atoms with E-state index in [1.54, 1.807) is 0 Å². The minimum absolute atomic E-state index is 0.0569. The van der Waals surface area contributed by atoms with Crippen LogP contribution >= 0.6 is 0 Å². The van der Waals surface area contributed by atoms with E-state index in [0.717, 1.165) is 6.42 Å². The molecular weight excluding hydrogens is 236 g/mol. The Morgan fingerprint density at radius 2 is 1.47 bits per heavy atom. The van der Waals surface area contributed by atoms with Gasteiger partial charge in [0.25, 0.3) is 0 Å². The number of unbranched alkanes of at least 4 members (excludes halogenated alkanes) is 7. The second-order valence-corrected chi connectivity index (χ2v) is 7.21. The lowest BCUT2D eigenvalue weighted by atomic mass is 9.86. The molecule has 1 aliphatic rings. The molecule has 1 fully saturated rings. The molecular formula is C17H34O2. The number of epoxide rings is 1. The van der Waals surface area contributed by atoms with Crippen LogP contribution in [-0.4, -0.2) is 23.4 Å². The molecule has 114 valence electrons. The molecule has 1 saturated heterocycles. The summed E-state index contributed by atoms with van der Waals surface area (Å²) in [6, 6.07) is 0. The molecule has 0 spiro atoms. The van der Waals surface area contributed by atoms with E-state index in [2.05, 4.69) is 27.7 Å². The first-order valence-corrected chi connectivity index (χ1v) is 8.30. The van der Waals surface area contributed by atoms with E-state index in [0.29, 0.717) is 6.10 Å². The van der Waals surface area contributed by atoms with Crippen LogP contribution in [0.2, 0.25) is 0 Å². The molecule has 1 rings (SSSR count). The van der Waals surface area contributed by atoms with Crippen molar-refractivity contribution in [1.29, 1.82) is 0 Å². The highest BCUT2D eigenvalue weighted by atomic mass is 16.6. The Morgan fingerprint density at radius 1 is 0.947 bits per heavy atom. The topological polar surface area (TPSA) is 32.8 Å². The minimum Gasteiger partial charge on any atom is -0.390 e. The third-order valence-electron chi connectivity index (χ3n) is 4.16. The number of hydrogen-bond donors (Lipinski definition) is 1. The Hall–Kier alpha value is -0.0800. The maximum absolute atomic E-state index is 10.1. The molecule has 0 aromatic heterocycles. The largest absolute Gasteiger partial charge is 0.390 e. The van der Waals surface area contributed by atoms with Crippen molar-refractivity contribution in [3.05, 3.63) is 0 Å². The lowest BCUT2D eigenvalue weighted by molar-refractivity contribution is 0.0378. The van der Waals surface area contributed by atoms with Crippen molar-refractivity contribution in [3.8, 4) is 0 Å². The van der Waals surface area contributed by atoms with Gasteiger partial charge in [0, 0.05) is 0 Å². The van der Waals surface area contributed by atoms with Crippen molar-refractivity contribution in [2.45, 2.75) is 104 Å². The second-order valence-electron chi connectivity index (χ2n) is 7.21. The van der Waals surface area contributed by atoms with Crippen molar-refractivity contribution in [3.63, 3.8) is 0 Å². The van der Waals surface area contributed by atoms with Gasteiger partial charge in [0.2, 0.25) is 0 Å². The number of rotatable bonds is 10. The summed E-state index contributed by atoms with van der Waals surface area (Å²) in [6.07, 6.45) is 12.1. The average molecular weight is 270 g/mol. The fourth-order valence-corrected chi connectivity index (χ4v) is 2.64. The molecule has 1 aliphatic heterocycles. The van der Waals surface area contributed by atoms with Crippen LogP contribution in [0.3, 0.4) is 0 Å². The van der Waals surface area contributed by atoms with Gasteiger partial charge in [-0.15, -0.1) is 0 Å². The van der Waals surface area contributed by atoms with E-state index in [1.165, 1.54) is 51.4 Å². The molecule has 3 atom stereocenters. The zero-order chi connectivity index (χ0) is 14.3. The first kappa shape index (κ1) is 17.0. The van der Waals surface area contributed by atoms with Crippen LogP contribution in [0.15, 0.2) is 0 Å². The van der Waals surface area contributed by atoms with Crippen molar-refractivity contribution < 1.29 is 9.84 Å². The molecule has 1 heterocycles. The van der Waals surface area contributed by atoms with Gasteiger partial charge in [-0.05, 0) is 11.8 Å². The molecule has 0 aromatic rings. The third-order valence-corrected chi connectivity index (χ3v) is 4.16. The van der Waals surface area contributed by atoms with Crippen LogP contribution < -0.4 is 0 Å². The molecule has 0 radical (unpaired) electrons. The van der Waals surface area contributed by atoms with Crippen LogP contribution in [-0.2, 0) is 4.74 Å². The van der Waals surface area contributed by atoms with Crippen LogP contribution in [0, 0.1) is 5.41 Å². The predicted octanol–water partition coefficient (Wildman–Crippen LogP) is 4.69. The van der Waals surface area contributed by atoms with Gasteiger partial charge in [-0.25, -0.2) is 0 Å². The van der Waals surface area contributed by atoms with E-state index < -0.39 is 0 Å². The molecule has 0 aromatic carbocycles. The second kappa shape index (κ2) is 8.26. The average Bonchev–Trinajstić information content (AvgIpc) is 3.10. The van der Waals surface area contributed by atoms with Crippen LogP contribution in [0.25, 0.3) is 0 Å². The van der Waals surface area contributed by atoms with E-state index in [9.17, 15) is 5.11 Å². The summed E-state index contributed by atoms with van der Waals surface area (Å²) in [7, 11) is 0. The summed E-state index contributed by atoms with van der Waals surface area (Å²) >= 11 is 0. The maximum Gasteiger partial charge on any atom is 0.110 e. The number of hydrogen-bond acceptors (Lipinski definition) is 2. The molecule has 2 nitrogen and oxygen atoms in total.